The van der Waals surface area contributed by atoms with Gasteiger partial charge in [-0.25, -0.2) is 0 Å². The van der Waals surface area contributed by atoms with Gasteiger partial charge in [-0.1, -0.05) is 176 Å². The Kier molecular flexibility index (Phi) is 9.93. The number of hydrogen-bond donors (Lipinski definition) is 0. The number of furan rings is 1. The molecule has 0 aliphatic rings. The van der Waals surface area contributed by atoms with Crippen LogP contribution in [0.1, 0.15) is 16.7 Å². The van der Waals surface area contributed by atoms with E-state index in [1.54, 1.807) is 11.3 Å². The maximum absolute atomic E-state index is 6.56. The second-order valence-corrected chi connectivity index (χ2v) is 16.7. The maximum atomic E-state index is 6.56. The summed E-state index contributed by atoms with van der Waals surface area (Å²) in [6.07, 6.45) is 10.5. The summed E-state index contributed by atoms with van der Waals surface area (Å²) in [6, 6.07) is 71.6. The van der Waals surface area contributed by atoms with Crippen molar-refractivity contribution < 1.29 is 4.42 Å². The van der Waals surface area contributed by atoms with Crippen molar-refractivity contribution in [2.75, 3.05) is 4.90 Å². The Bertz CT molecular complexity index is 3530. The van der Waals surface area contributed by atoms with Crippen LogP contribution in [-0.4, -0.2) is 0 Å². The molecule has 0 spiro atoms. The van der Waals surface area contributed by atoms with Gasteiger partial charge in [-0.15, -0.1) is 11.3 Å². The van der Waals surface area contributed by atoms with E-state index >= 15 is 0 Å². The molecule has 0 amide bonds. The van der Waals surface area contributed by atoms with Crippen molar-refractivity contribution in [3.63, 3.8) is 0 Å². The Morgan fingerprint density at radius 3 is 1.97 bits per heavy atom. The van der Waals surface area contributed by atoms with Crippen LogP contribution in [0.3, 0.4) is 0 Å². The van der Waals surface area contributed by atoms with E-state index in [4.69, 9.17) is 4.42 Å². The van der Waals surface area contributed by atoms with Gasteiger partial charge in [-0.3, -0.25) is 0 Å². The predicted molar refractivity (Wildman–Crippen MR) is 272 cm³/mol. The van der Waals surface area contributed by atoms with E-state index in [-0.39, 0.29) is 0 Å². The van der Waals surface area contributed by atoms with Crippen LogP contribution in [0.4, 0.5) is 17.1 Å². The largest absolute Gasteiger partial charge is 0.456 e. The zero-order valence-electron chi connectivity index (χ0n) is 34.5. The normalized spacial score (nSPS) is 11.7. The second kappa shape index (κ2) is 16.5. The van der Waals surface area contributed by atoms with Gasteiger partial charge in [0.25, 0.3) is 0 Å². The van der Waals surface area contributed by atoms with Gasteiger partial charge in [0.2, 0.25) is 0 Å². The number of anilines is 3. The molecule has 0 unspecified atom stereocenters. The van der Waals surface area contributed by atoms with E-state index in [0.29, 0.717) is 0 Å². The molecular formula is C60H41NOS. The molecule has 0 aliphatic heterocycles. The van der Waals surface area contributed by atoms with Gasteiger partial charge in [-0.05, 0) is 127 Å². The SMILES string of the molecule is C=Cc1ccccc1-c1cccc(-c2ccc(N(c3ccc(/C=C/C=C\c4csc5ccccc45)cc3)c3ccccc3-c3cccc4oc5cc6ccccc6cc5c34)cc2)c1. The number of rotatable bonds is 10. The van der Waals surface area contributed by atoms with Crippen LogP contribution in [-0.2, 0) is 0 Å². The summed E-state index contributed by atoms with van der Waals surface area (Å²) >= 11 is 1.78. The Balaban J connectivity index is 0.997. The van der Waals surface area contributed by atoms with Crippen molar-refractivity contribution >= 4 is 89.4 Å². The summed E-state index contributed by atoms with van der Waals surface area (Å²) in [7, 11) is 0. The molecule has 11 rings (SSSR count). The number of fused-ring (bicyclic) bond motifs is 5. The Morgan fingerprint density at radius 2 is 1.13 bits per heavy atom. The fourth-order valence-corrected chi connectivity index (χ4v) is 9.78. The maximum Gasteiger partial charge on any atom is 0.136 e. The monoisotopic (exact) mass is 823 g/mol. The topological polar surface area (TPSA) is 16.4 Å². The molecule has 9 aromatic carbocycles. The zero-order chi connectivity index (χ0) is 42.1. The first-order valence-corrected chi connectivity index (χ1v) is 22.1. The van der Waals surface area contributed by atoms with Crippen molar-refractivity contribution in [2.24, 2.45) is 0 Å². The van der Waals surface area contributed by atoms with Crippen LogP contribution < -0.4 is 4.90 Å². The van der Waals surface area contributed by atoms with Crippen LogP contribution in [0, 0.1) is 0 Å². The summed E-state index contributed by atoms with van der Waals surface area (Å²) in [5, 5.41) is 8.10. The van der Waals surface area contributed by atoms with Crippen molar-refractivity contribution in [3.05, 3.63) is 241 Å². The first-order valence-electron chi connectivity index (χ1n) is 21.3. The lowest BCUT2D eigenvalue weighted by Crippen LogP contribution is -2.11. The molecular weight excluding hydrogens is 783 g/mol. The minimum absolute atomic E-state index is 0.874. The predicted octanol–water partition coefficient (Wildman–Crippen LogP) is 17.8. The number of para-hydroxylation sites is 1. The molecule has 0 aliphatic carbocycles. The molecule has 0 saturated heterocycles. The van der Waals surface area contributed by atoms with Gasteiger partial charge in [0.15, 0.2) is 0 Å². The molecule has 0 radical (unpaired) electrons. The van der Waals surface area contributed by atoms with E-state index in [2.05, 4.69) is 241 Å². The first kappa shape index (κ1) is 38.0. The number of allylic oxidation sites excluding steroid dienone is 2. The van der Waals surface area contributed by atoms with E-state index in [9.17, 15) is 0 Å². The van der Waals surface area contributed by atoms with E-state index < -0.39 is 0 Å². The quantitative estimate of drug-likeness (QED) is 0.128. The number of nitrogens with zero attached hydrogens (tertiary/aromatic N) is 1. The molecule has 63 heavy (non-hydrogen) atoms. The molecule has 2 nitrogen and oxygen atoms in total. The molecule has 0 N–H and O–H groups in total. The minimum Gasteiger partial charge on any atom is -0.456 e. The molecule has 298 valence electrons. The standard InChI is InChI=1S/C60H41NOS/c1-2-42-16-7-8-22-51(42)47-21-13-20-44(37-47)43-31-35-50(36-32-43)61(49-33-29-41(30-34-49)15-3-4-19-48-40-63-59-28-12-10-23-52(48)59)56-26-11-9-24-53(56)54-25-14-27-57-60(54)55-38-45-17-5-6-18-46(45)39-58(55)62-57/h2-40H,1H2/b15-3+,19-4-. The van der Waals surface area contributed by atoms with E-state index in [0.717, 1.165) is 72.4 Å². The highest BCUT2D eigenvalue weighted by Gasteiger charge is 2.21. The number of thiophene rings is 1. The van der Waals surface area contributed by atoms with Crippen molar-refractivity contribution in [1.29, 1.82) is 0 Å². The first-order chi connectivity index (χ1) is 31.2. The molecule has 11 aromatic rings. The summed E-state index contributed by atoms with van der Waals surface area (Å²) in [5.74, 6) is 0. The average Bonchev–Trinajstić information content (AvgIpc) is 3.94. The van der Waals surface area contributed by atoms with Crippen LogP contribution in [0.25, 0.3) is 94.4 Å². The van der Waals surface area contributed by atoms with Crippen LogP contribution in [0.15, 0.2) is 229 Å². The van der Waals surface area contributed by atoms with Gasteiger partial charge in [0, 0.05) is 32.4 Å². The zero-order valence-corrected chi connectivity index (χ0v) is 35.3. The fraction of sp³-hybridized carbons (Fsp3) is 0. The minimum atomic E-state index is 0.874. The third kappa shape index (κ3) is 7.25. The summed E-state index contributed by atoms with van der Waals surface area (Å²) in [6.45, 7) is 4.06. The second-order valence-electron chi connectivity index (χ2n) is 15.7. The van der Waals surface area contributed by atoms with Crippen LogP contribution >= 0.6 is 11.3 Å². The molecule has 0 atom stereocenters. The summed E-state index contributed by atoms with van der Waals surface area (Å²) < 4.78 is 7.87. The van der Waals surface area contributed by atoms with E-state index in [1.165, 1.54) is 37.5 Å². The van der Waals surface area contributed by atoms with Gasteiger partial charge in [0.05, 0.1) is 5.69 Å². The molecule has 3 heteroatoms. The molecule has 0 bridgehead atoms. The third-order valence-corrected chi connectivity index (χ3v) is 12.9. The molecule has 0 fully saturated rings. The van der Waals surface area contributed by atoms with Crippen LogP contribution in [0.5, 0.6) is 0 Å². The lowest BCUT2D eigenvalue weighted by molar-refractivity contribution is 0.669. The van der Waals surface area contributed by atoms with Gasteiger partial charge in [0.1, 0.15) is 11.2 Å². The summed E-state index contributed by atoms with van der Waals surface area (Å²) in [4.78, 5) is 2.38. The van der Waals surface area contributed by atoms with Crippen molar-refractivity contribution in [2.45, 2.75) is 0 Å². The average molecular weight is 824 g/mol. The Hall–Kier alpha value is -7.98. The lowest BCUT2D eigenvalue weighted by atomic mass is 9.95. The number of hydrogen-bond acceptors (Lipinski definition) is 3. The Labute approximate surface area is 371 Å². The van der Waals surface area contributed by atoms with Gasteiger partial charge < -0.3 is 9.32 Å². The fourth-order valence-electron chi connectivity index (χ4n) is 8.85. The van der Waals surface area contributed by atoms with Crippen LogP contribution in [0.2, 0.25) is 0 Å². The highest BCUT2D eigenvalue weighted by molar-refractivity contribution is 7.17. The van der Waals surface area contributed by atoms with Crippen molar-refractivity contribution in [3.8, 4) is 33.4 Å². The smallest absolute Gasteiger partial charge is 0.136 e. The summed E-state index contributed by atoms with van der Waals surface area (Å²) in [5.41, 5.74) is 15.3. The Morgan fingerprint density at radius 1 is 0.460 bits per heavy atom. The van der Waals surface area contributed by atoms with Crippen molar-refractivity contribution in [1.82, 2.24) is 0 Å². The lowest BCUT2D eigenvalue weighted by Gasteiger charge is -2.28. The van der Waals surface area contributed by atoms with Gasteiger partial charge in [-0.2, -0.15) is 0 Å². The molecule has 2 aromatic heterocycles. The third-order valence-electron chi connectivity index (χ3n) is 11.9. The molecule has 2 heterocycles. The highest BCUT2D eigenvalue weighted by Crippen LogP contribution is 2.45. The molecule has 0 saturated carbocycles. The van der Waals surface area contributed by atoms with E-state index in [1.807, 2.05) is 6.08 Å². The highest BCUT2D eigenvalue weighted by atomic mass is 32.1. The van der Waals surface area contributed by atoms with Gasteiger partial charge >= 0.3 is 0 Å². The number of benzene rings is 9.